The number of esters is 1. The molecule has 1 N–H and O–H groups in total. The van der Waals surface area contributed by atoms with Gasteiger partial charge in [0.1, 0.15) is 0 Å². The van der Waals surface area contributed by atoms with Crippen molar-refractivity contribution in [3.8, 4) is 0 Å². The number of piperidine rings is 1. The molecule has 4 nitrogen and oxygen atoms in total. The predicted molar refractivity (Wildman–Crippen MR) is 77.1 cm³/mol. The van der Waals surface area contributed by atoms with Crippen LogP contribution in [-0.4, -0.2) is 41.8 Å². The predicted octanol–water partition coefficient (Wildman–Crippen LogP) is 1.97. The van der Waals surface area contributed by atoms with Crippen LogP contribution in [-0.2, 0) is 16.1 Å². The molecule has 1 heterocycles. The quantitative estimate of drug-likeness (QED) is 0.836. The zero-order valence-electron chi connectivity index (χ0n) is 12.0. The summed E-state index contributed by atoms with van der Waals surface area (Å²) in [6, 6.07) is 10.3. The van der Waals surface area contributed by atoms with E-state index in [-0.39, 0.29) is 18.4 Å². The van der Waals surface area contributed by atoms with E-state index in [1.54, 1.807) is 0 Å². The number of nitrogens with zero attached hydrogens (tertiary/aromatic N) is 1. The molecule has 2 rings (SSSR count). The van der Waals surface area contributed by atoms with E-state index < -0.39 is 6.10 Å². The van der Waals surface area contributed by atoms with E-state index in [0.717, 1.165) is 32.4 Å². The van der Waals surface area contributed by atoms with Gasteiger partial charge in [-0.2, -0.15) is 0 Å². The molecule has 1 aliphatic rings. The summed E-state index contributed by atoms with van der Waals surface area (Å²) in [7, 11) is 1.36. The number of hydrogen-bond donors (Lipinski definition) is 1. The molecule has 1 fully saturated rings. The van der Waals surface area contributed by atoms with Gasteiger partial charge < -0.3 is 9.84 Å². The third kappa shape index (κ3) is 4.05. The molecule has 0 bridgehead atoms. The lowest BCUT2D eigenvalue weighted by molar-refractivity contribution is -0.144. The van der Waals surface area contributed by atoms with E-state index in [1.807, 2.05) is 18.2 Å². The molecule has 0 amide bonds. The zero-order valence-corrected chi connectivity index (χ0v) is 12.0. The maximum Gasteiger partial charge on any atom is 0.308 e. The largest absolute Gasteiger partial charge is 0.469 e. The second-order valence-electron chi connectivity index (χ2n) is 5.37. The number of aliphatic hydroxyl groups excluding tert-OH is 1. The Hall–Kier alpha value is -1.39. The van der Waals surface area contributed by atoms with Crippen molar-refractivity contribution in [2.45, 2.75) is 44.4 Å². The summed E-state index contributed by atoms with van der Waals surface area (Å²) in [5, 5.41) is 10.3. The van der Waals surface area contributed by atoms with Crippen molar-refractivity contribution >= 4 is 5.97 Å². The van der Waals surface area contributed by atoms with Crippen molar-refractivity contribution in [2.24, 2.45) is 0 Å². The van der Waals surface area contributed by atoms with Crippen LogP contribution in [0.15, 0.2) is 30.3 Å². The Bertz CT molecular complexity index is 421. The number of likely N-dealkylation sites (tertiary alicyclic amines) is 1. The van der Waals surface area contributed by atoms with Crippen molar-refractivity contribution < 1.29 is 14.6 Å². The molecule has 2 atom stereocenters. The molecule has 1 aromatic rings. The first-order valence-corrected chi connectivity index (χ1v) is 7.23. The Kier molecular flexibility index (Phi) is 5.56. The number of methoxy groups -OCH3 is 1. The van der Waals surface area contributed by atoms with Crippen molar-refractivity contribution in [1.29, 1.82) is 0 Å². The van der Waals surface area contributed by atoms with Gasteiger partial charge in [-0.1, -0.05) is 36.8 Å². The third-order valence-electron chi connectivity index (χ3n) is 3.94. The number of aliphatic hydroxyl groups is 1. The van der Waals surface area contributed by atoms with Gasteiger partial charge in [0.2, 0.25) is 0 Å². The summed E-state index contributed by atoms with van der Waals surface area (Å²) in [6.45, 7) is 1.79. The molecule has 110 valence electrons. The van der Waals surface area contributed by atoms with Gasteiger partial charge in [0, 0.05) is 12.6 Å². The summed E-state index contributed by atoms with van der Waals surface area (Å²) < 4.78 is 4.65. The van der Waals surface area contributed by atoms with Crippen molar-refractivity contribution in [3.63, 3.8) is 0 Å². The van der Waals surface area contributed by atoms with Crippen LogP contribution in [0.5, 0.6) is 0 Å². The lowest BCUT2D eigenvalue weighted by Crippen LogP contribution is -2.47. The standard InChI is InChI=1S/C16H23NO3/c1-20-16(19)11-15(18)14-9-5-6-10-17(14)12-13-7-3-2-4-8-13/h2-4,7-8,14-15,18H,5-6,9-12H2,1H3/t14-,15-/m0/s1. The number of carbonyl (C=O) groups is 1. The summed E-state index contributed by atoms with van der Waals surface area (Å²) >= 11 is 0. The van der Waals surface area contributed by atoms with E-state index >= 15 is 0 Å². The number of ether oxygens (including phenoxy) is 1. The van der Waals surface area contributed by atoms with E-state index in [4.69, 9.17) is 0 Å². The number of hydrogen-bond acceptors (Lipinski definition) is 4. The van der Waals surface area contributed by atoms with Crippen molar-refractivity contribution in [3.05, 3.63) is 35.9 Å². The first kappa shape index (κ1) is 15.0. The minimum Gasteiger partial charge on any atom is -0.469 e. The van der Waals surface area contributed by atoms with Crippen LogP contribution in [0.2, 0.25) is 0 Å². The van der Waals surface area contributed by atoms with Crippen LogP contribution in [0.25, 0.3) is 0 Å². The Labute approximate surface area is 120 Å². The first-order chi connectivity index (χ1) is 9.70. The lowest BCUT2D eigenvalue weighted by atomic mass is 9.95. The maximum absolute atomic E-state index is 11.3. The van der Waals surface area contributed by atoms with Crippen molar-refractivity contribution in [2.75, 3.05) is 13.7 Å². The van der Waals surface area contributed by atoms with Crippen LogP contribution in [0.3, 0.4) is 0 Å². The van der Waals surface area contributed by atoms with Crippen LogP contribution in [0.1, 0.15) is 31.2 Å². The van der Waals surface area contributed by atoms with E-state index in [0.29, 0.717) is 0 Å². The van der Waals surface area contributed by atoms with Gasteiger partial charge in [0.15, 0.2) is 0 Å². The van der Waals surface area contributed by atoms with E-state index in [9.17, 15) is 9.90 Å². The van der Waals surface area contributed by atoms with E-state index in [1.165, 1.54) is 12.7 Å². The molecule has 0 saturated carbocycles. The molecule has 20 heavy (non-hydrogen) atoms. The van der Waals surface area contributed by atoms with Gasteiger partial charge in [0.25, 0.3) is 0 Å². The number of benzene rings is 1. The Morgan fingerprint density at radius 3 is 2.85 bits per heavy atom. The second-order valence-corrected chi connectivity index (χ2v) is 5.37. The summed E-state index contributed by atoms with van der Waals surface area (Å²) in [4.78, 5) is 13.6. The lowest BCUT2D eigenvalue weighted by Gasteiger charge is -2.38. The Morgan fingerprint density at radius 1 is 1.40 bits per heavy atom. The van der Waals surface area contributed by atoms with Gasteiger partial charge >= 0.3 is 5.97 Å². The normalized spacial score (nSPS) is 21.4. The molecule has 1 aromatic carbocycles. The van der Waals surface area contributed by atoms with Crippen molar-refractivity contribution in [1.82, 2.24) is 4.90 Å². The Morgan fingerprint density at radius 2 is 2.15 bits per heavy atom. The molecule has 0 aromatic heterocycles. The first-order valence-electron chi connectivity index (χ1n) is 7.23. The number of rotatable bonds is 5. The van der Waals surface area contributed by atoms with Gasteiger partial charge in [-0.05, 0) is 24.9 Å². The summed E-state index contributed by atoms with van der Waals surface area (Å²) in [6.07, 6.45) is 2.62. The molecule has 1 saturated heterocycles. The van der Waals surface area contributed by atoms with Crippen LogP contribution in [0, 0.1) is 0 Å². The highest BCUT2D eigenvalue weighted by Gasteiger charge is 2.30. The fourth-order valence-corrected chi connectivity index (χ4v) is 2.86. The summed E-state index contributed by atoms with van der Waals surface area (Å²) in [5.74, 6) is -0.345. The highest BCUT2D eigenvalue weighted by molar-refractivity contribution is 5.69. The molecule has 1 aliphatic heterocycles. The van der Waals surface area contributed by atoms with E-state index in [2.05, 4.69) is 21.8 Å². The minimum atomic E-state index is -0.647. The molecule has 0 radical (unpaired) electrons. The molecule has 0 unspecified atom stereocenters. The Balaban J connectivity index is 1.99. The highest BCUT2D eigenvalue weighted by Crippen LogP contribution is 2.23. The fourth-order valence-electron chi connectivity index (χ4n) is 2.86. The molecule has 4 heteroatoms. The maximum atomic E-state index is 11.3. The minimum absolute atomic E-state index is 0.0445. The van der Waals surface area contributed by atoms with Gasteiger partial charge in [-0.25, -0.2) is 0 Å². The van der Waals surface area contributed by atoms with Crippen LogP contribution in [0.4, 0.5) is 0 Å². The highest BCUT2D eigenvalue weighted by atomic mass is 16.5. The van der Waals surface area contributed by atoms with Crippen LogP contribution < -0.4 is 0 Å². The monoisotopic (exact) mass is 277 g/mol. The topological polar surface area (TPSA) is 49.8 Å². The third-order valence-corrected chi connectivity index (χ3v) is 3.94. The molecular formula is C16H23NO3. The average Bonchev–Trinajstić information content (AvgIpc) is 2.48. The zero-order chi connectivity index (χ0) is 14.4. The smallest absolute Gasteiger partial charge is 0.308 e. The SMILES string of the molecule is COC(=O)C[C@H](O)[C@@H]1CCCCN1Cc1ccccc1. The van der Waals surface area contributed by atoms with Gasteiger partial charge in [0.05, 0.1) is 19.6 Å². The summed E-state index contributed by atoms with van der Waals surface area (Å²) in [5.41, 5.74) is 1.24. The number of carbonyl (C=O) groups excluding carboxylic acids is 1. The molecule has 0 aliphatic carbocycles. The molecule has 0 spiro atoms. The van der Waals surface area contributed by atoms with Gasteiger partial charge in [-0.15, -0.1) is 0 Å². The molecular weight excluding hydrogens is 254 g/mol. The average molecular weight is 277 g/mol. The van der Waals surface area contributed by atoms with Gasteiger partial charge in [-0.3, -0.25) is 9.69 Å². The fraction of sp³-hybridized carbons (Fsp3) is 0.562. The van der Waals surface area contributed by atoms with Crippen LogP contribution >= 0.6 is 0 Å². The second kappa shape index (κ2) is 7.41.